The molecule has 0 aliphatic carbocycles. The number of hydrogen-bond acceptors (Lipinski definition) is 12. The summed E-state index contributed by atoms with van der Waals surface area (Å²) in [6.45, 7) is 9.56. The summed E-state index contributed by atoms with van der Waals surface area (Å²) < 4.78 is 0. The number of hydrogen-bond donors (Lipinski definition) is 13. The zero-order chi connectivity index (χ0) is 50.1. The summed E-state index contributed by atoms with van der Waals surface area (Å²) in [5.74, 6) is -8.97. The fourth-order valence-corrected chi connectivity index (χ4v) is 6.39. The molecule has 23 nitrogen and oxygen atoms in total. The van der Waals surface area contributed by atoms with Crippen LogP contribution in [0.15, 0.2) is 35.3 Å². The molecule has 0 saturated heterocycles. The van der Waals surface area contributed by atoms with Gasteiger partial charge in [-0.25, -0.2) is 0 Å². The van der Waals surface area contributed by atoms with Crippen molar-refractivity contribution in [3.05, 3.63) is 35.9 Å². The highest BCUT2D eigenvalue weighted by atomic mass is 16.4. The number of amides is 8. The smallest absolute Gasteiger partial charge is 0.303 e. The van der Waals surface area contributed by atoms with E-state index in [2.05, 4.69) is 42.2 Å². The summed E-state index contributed by atoms with van der Waals surface area (Å²) in [6.07, 6.45) is 0.0348. The second kappa shape index (κ2) is 30.0. The quantitative estimate of drug-likeness (QED) is 0.0204. The molecule has 23 heteroatoms. The number of guanidine groups is 1. The number of nitrogens with two attached hydrogens (primary N) is 4. The average Bonchev–Trinajstić information content (AvgIpc) is 3.24. The number of aliphatic hydroxyl groups excluding tert-OH is 1. The van der Waals surface area contributed by atoms with Gasteiger partial charge in [0.2, 0.25) is 47.3 Å². The van der Waals surface area contributed by atoms with Crippen LogP contribution in [0, 0.1) is 11.8 Å². The summed E-state index contributed by atoms with van der Waals surface area (Å²) in [4.78, 5) is 121. The van der Waals surface area contributed by atoms with Crippen molar-refractivity contribution in [2.24, 2.45) is 39.8 Å². The van der Waals surface area contributed by atoms with Gasteiger partial charge in [-0.1, -0.05) is 70.9 Å². The normalized spacial score (nSPS) is 15.1. The molecule has 9 atom stereocenters. The lowest BCUT2D eigenvalue weighted by molar-refractivity contribution is -0.138. The molecule has 1 aromatic rings. The molecule has 0 radical (unpaired) electrons. The number of carbonyl (C=O) groups is 9. The molecule has 0 unspecified atom stereocenters. The molecule has 1 aromatic carbocycles. The molecular weight excluding hydrogens is 861 g/mol. The minimum Gasteiger partial charge on any atom is -0.481 e. The van der Waals surface area contributed by atoms with Crippen molar-refractivity contribution in [3.63, 3.8) is 0 Å². The molecule has 0 fully saturated rings. The van der Waals surface area contributed by atoms with Gasteiger partial charge in [0.15, 0.2) is 5.96 Å². The molecule has 66 heavy (non-hydrogen) atoms. The molecule has 0 spiro atoms. The molecular formula is C43H72N12O11. The Kier molecular flexibility index (Phi) is 26.2. The van der Waals surface area contributed by atoms with Crippen molar-refractivity contribution < 1.29 is 53.4 Å². The Morgan fingerprint density at radius 1 is 0.652 bits per heavy atom. The Hall–Kier alpha value is -6.36. The SMILES string of the molecule is CC[C@H](C)[C@H](NC(=O)[C@H](CC(N)=O)NC(=O)[C@H](CCCN=C(N)N)NC(=O)[C@@H](N)Cc1ccccc1)C(=O)N[C@H](C(=O)N[C@H](C(=O)N[C@@H](C)C(=O)NCCCCCC(=O)O)[C@@H](C)O)C(C)C. The lowest BCUT2D eigenvalue weighted by Gasteiger charge is -2.31. The van der Waals surface area contributed by atoms with Crippen LogP contribution < -0.4 is 60.2 Å². The van der Waals surface area contributed by atoms with Crippen molar-refractivity contribution in [1.82, 2.24) is 37.2 Å². The van der Waals surface area contributed by atoms with Crippen LogP contribution >= 0.6 is 0 Å². The van der Waals surface area contributed by atoms with Gasteiger partial charge in [-0.3, -0.25) is 48.1 Å². The number of carboxylic acid groups (broad SMARTS) is 1. The van der Waals surface area contributed by atoms with Crippen molar-refractivity contribution in [2.75, 3.05) is 13.1 Å². The Morgan fingerprint density at radius 2 is 1.21 bits per heavy atom. The highest BCUT2D eigenvalue weighted by molar-refractivity contribution is 5.98. The average molecular weight is 933 g/mol. The van der Waals surface area contributed by atoms with E-state index in [9.17, 15) is 48.3 Å². The molecule has 17 N–H and O–H groups in total. The Labute approximate surface area is 385 Å². The fraction of sp³-hybridized carbons (Fsp3) is 0.628. The van der Waals surface area contributed by atoms with Crippen LogP contribution in [0.5, 0.6) is 0 Å². The van der Waals surface area contributed by atoms with Crippen LogP contribution in [0.3, 0.4) is 0 Å². The van der Waals surface area contributed by atoms with E-state index in [1.165, 1.54) is 13.8 Å². The van der Waals surface area contributed by atoms with Crippen LogP contribution in [0.4, 0.5) is 0 Å². The predicted octanol–water partition coefficient (Wildman–Crippen LogP) is -2.74. The molecule has 0 aliphatic rings. The number of aliphatic hydroxyl groups is 1. The van der Waals surface area contributed by atoms with Crippen molar-refractivity contribution in [1.29, 1.82) is 0 Å². The third-order valence-corrected chi connectivity index (χ3v) is 10.5. The standard InChI is InChI=1S/C43H72N12O11/c1-7-24(4)34(41(65)53-33(23(2)3)40(64)55-35(26(6)56)42(66)50-25(5)36(60)48-19-13-9-12-18-32(58)59)54-39(63)30(22-31(45)57)52-38(62)29(17-14-20-49-43(46)47)51-37(61)28(44)21-27-15-10-8-11-16-27/h8,10-11,15-16,23-26,28-30,33-35,56H,7,9,12-14,17-22,44H2,1-6H3,(H2,45,57)(H,48,60)(H,50,66)(H,51,61)(H,52,62)(H,53,65)(H,54,63)(H,55,64)(H,58,59)(H4,46,47,49)/t24-,25-,26+,28-,29-,30-,33-,34-,35-/m0/s1. The first-order valence-corrected chi connectivity index (χ1v) is 22.1. The summed E-state index contributed by atoms with van der Waals surface area (Å²) in [5, 5.41) is 37.0. The van der Waals surface area contributed by atoms with E-state index in [0.29, 0.717) is 25.7 Å². The first-order chi connectivity index (χ1) is 31.0. The number of nitrogens with zero attached hydrogens (tertiary/aromatic N) is 1. The van der Waals surface area contributed by atoms with Gasteiger partial charge >= 0.3 is 5.97 Å². The Balaban J connectivity index is 3.20. The number of primary amides is 1. The summed E-state index contributed by atoms with van der Waals surface area (Å²) in [5.41, 5.74) is 23.3. The zero-order valence-corrected chi connectivity index (χ0v) is 38.8. The summed E-state index contributed by atoms with van der Waals surface area (Å²) in [6, 6.07) is -0.357. The van der Waals surface area contributed by atoms with Gasteiger partial charge in [0.1, 0.15) is 36.3 Å². The number of rotatable bonds is 31. The lowest BCUT2D eigenvalue weighted by atomic mass is 9.95. The van der Waals surface area contributed by atoms with E-state index in [1.54, 1.807) is 58.0 Å². The maximum Gasteiger partial charge on any atom is 0.303 e. The molecule has 0 saturated carbocycles. The van der Waals surface area contributed by atoms with E-state index in [-0.39, 0.29) is 44.7 Å². The van der Waals surface area contributed by atoms with Gasteiger partial charge in [-0.2, -0.15) is 0 Å². The van der Waals surface area contributed by atoms with E-state index in [4.69, 9.17) is 28.0 Å². The number of aliphatic imine (C=N–C) groups is 1. The number of aliphatic carboxylic acids is 1. The van der Waals surface area contributed by atoms with Crippen LogP contribution in [-0.2, 0) is 49.6 Å². The van der Waals surface area contributed by atoms with Gasteiger partial charge in [0, 0.05) is 19.5 Å². The number of unbranched alkanes of at least 4 members (excludes halogenated alkanes) is 2. The number of nitrogens with one attached hydrogen (secondary N) is 7. The van der Waals surface area contributed by atoms with Gasteiger partial charge in [-0.15, -0.1) is 0 Å². The molecule has 370 valence electrons. The van der Waals surface area contributed by atoms with Gasteiger partial charge < -0.3 is 70.4 Å². The summed E-state index contributed by atoms with van der Waals surface area (Å²) >= 11 is 0. The largest absolute Gasteiger partial charge is 0.481 e. The second-order valence-electron chi connectivity index (χ2n) is 16.6. The maximum absolute atomic E-state index is 14.0. The van der Waals surface area contributed by atoms with Crippen LogP contribution in [0.2, 0.25) is 0 Å². The molecule has 8 amide bonds. The molecule has 0 aromatic heterocycles. The maximum atomic E-state index is 14.0. The predicted molar refractivity (Wildman–Crippen MR) is 244 cm³/mol. The van der Waals surface area contributed by atoms with Crippen molar-refractivity contribution in [3.8, 4) is 0 Å². The highest BCUT2D eigenvalue weighted by Gasteiger charge is 2.37. The second-order valence-corrected chi connectivity index (χ2v) is 16.6. The minimum absolute atomic E-state index is 0.00643. The summed E-state index contributed by atoms with van der Waals surface area (Å²) in [7, 11) is 0. The van der Waals surface area contributed by atoms with Crippen molar-refractivity contribution >= 4 is 59.2 Å². The fourth-order valence-electron chi connectivity index (χ4n) is 6.39. The van der Waals surface area contributed by atoms with Crippen LogP contribution in [0.25, 0.3) is 0 Å². The molecule has 0 aliphatic heterocycles. The molecule has 1 rings (SSSR count). The zero-order valence-electron chi connectivity index (χ0n) is 38.8. The molecule has 0 bridgehead atoms. The third-order valence-electron chi connectivity index (χ3n) is 10.5. The Morgan fingerprint density at radius 3 is 1.77 bits per heavy atom. The Bertz CT molecular complexity index is 1810. The number of benzene rings is 1. The third kappa shape index (κ3) is 22.0. The van der Waals surface area contributed by atoms with E-state index < -0.39 is 120 Å². The van der Waals surface area contributed by atoms with Crippen molar-refractivity contribution in [2.45, 2.75) is 148 Å². The number of carboxylic acids is 1. The van der Waals surface area contributed by atoms with Gasteiger partial charge in [-0.05, 0) is 63.4 Å². The first kappa shape index (κ1) is 57.7. The van der Waals surface area contributed by atoms with Gasteiger partial charge in [0.05, 0.1) is 18.6 Å². The topological polar surface area (TPSA) is 395 Å². The van der Waals surface area contributed by atoms with Crippen LogP contribution in [0.1, 0.15) is 98.5 Å². The lowest BCUT2D eigenvalue weighted by Crippen LogP contribution is -2.62. The first-order valence-electron chi connectivity index (χ1n) is 22.1. The van der Waals surface area contributed by atoms with E-state index in [0.717, 1.165) is 5.56 Å². The van der Waals surface area contributed by atoms with E-state index in [1.807, 2.05) is 0 Å². The highest BCUT2D eigenvalue weighted by Crippen LogP contribution is 2.13. The molecule has 0 heterocycles. The minimum atomic E-state index is -1.63. The monoisotopic (exact) mass is 933 g/mol. The van der Waals surface area contributed by atoms with Gasteiger partial charge in [0.25, 0.3) is 0 Å². The van der Waals surface area contributed by atoms with E-state index >= 15 is 0 Å². The number of carbonyl (C=O) groups excluding carboxylic acids is 8. The van der Waals surface area contributed by atoms with Crippen LogP contribution in [-0.4, -0.2) is 131 Å².